The van der Waals surface area contributed by atoms with Crippen molar-refractivity contribution in [3.05, 3.63) is 39.0 Å². The van der Waals surface area contributed by atoms with Crippen molar-refractivity contribution in [1.29, 1.82) is 0 Å². The van der Waals surface area contributed by atoms with Crippen LogP contribution in [0, 0.1) is 0 Å². The summed E-state index contributed by atoms with van der Waals surface area (Å²) in [5.41, 5.74) is 1.47. The second-order valence-electron chi connectivity index (χ2n) is 4.64. The van der Waals surface area contributed by atoms with Gasteiger partial charge in [-0.05, 0) is 36.1 Å². The van der Waals surface area contributed by atoms with E-state index in [4.69, 9.17) is 0 Å². The molecule has 2 N–H and O–H groups in total. The molecule has 2 aromatic heterocycles. The lowest BCUT2D eigenvalue weighted by atomic mass is 10.4. The molecule has 0 amide bonds. The van der Waals surface area contributed by atoms with Crippen LogP contribution in [0.3, 0.4) is 0 Å². The molecular formula is C12H17BrN6O. The summed E-state index contributed by atoms with van der Waals surface area (Å²) in [6.45, 7) is 1.88. The summed E-state index contributed by atoms with van der Waals surface area (Å²) >= 11 is 3.33. The third-order valence-corrected chi connectivity index (χ3v) is 3.54. The van der Waals surface area contributed by atoms with Crippen molar-refractivity contribution in [2.24, 2.45) is 0 Å². The van der Waals surface area contributed by atoms with Gasteiger partial charge >= 0.3 is 0 Å². The Morgan fingerprint density at radius 2 is 2.30 bits per heavy atom. The molecule has 0 atom stereocenters. The van der Waals surface area contributed by atoms with Crippen LogP contribution in [0.1, 0.15) is 5.69 Å². The zero-order valence-electron chi connectivity index (χ0n) is 11.4. The molecule has 0 aromatic carbocycles. The monoisotopic (exact) mass is 340 g/mol. The van der Waals surface area contributed by atoms with Gasteiger partial charge < -0.3 is 10.2 Å². The summed E-state index contributed by atoms with van der Waals surface area (Å²) < 4.78 is 1.94. The Morgan fingerprint density at radius 3 is 2.95 bits per heavy atom. The SMILES string of the molecule is CN(C)CCn1ncc(NCc2ccn[nH]2)c(Br)c1=O. The molecule has 0 aliphatic heterocycles. The van der Waals surface area contributed by atoms with E-state index in [1.807, 2.05) is 25.1 Å². The van der Waals surface area contributed by atoms with Gasteiger partial charge in [-0.2, -0.15) is 10.2 Å². The van der Waals surface area contributed by atoms with Gasteiger partial charge in [0.1, 0.15) is 4.47 Å². The quantitative estimate of drug-likeness (QED) is 0.816. The van der Waals surface area contributed by atoms with Gasteiger partial charge in [0.15, 0.2) is 0 Å². The van der Waals surface area contributed by atoms with Crippen LogP contribution in [0.25, 0.3) is 0 Å². The zero-order valence-corrected chi connectivity index (χ0v) is 13.0. The normalized spacial score (nSPS) is 11.0. The van der Waals surface area contributed by atoms with E-state index >= 15 is 0 Å². The van der Waals surface area contributed by atoms with Crippen LogP contribution < -0.4 is 10.9 Å². The van der Waals surface area contributed by atoms with Crippen molar-refractivity contribution in [2.45, 2.75) is 13.1 Å². The molecule has 0 saturated heterocycles. The Kier molecular flexibility index (Phi) is 4.91. The van der Waals surface area contributed by atoms with Gasteiger partial charge in [-0.25, -0.2) is 4.68 Å². The van der Waals surface area contributed by atoms with Crippen molar-refractivity contribution in [3.8, 4) is 0 Å². The van der Waals surface area contributed by atoms with Gasteiger partial charge in [-0.3, -0.25) is 9.89 Å². The molecule has 0 radical (unpaired) electrons. The van der Waals surface area contributed by atoms with E-state index in [0.717, 1.165) is 12.2 Å². The summed E-state index contributed by atoms with van der Waals surface area (Å²) in [6, 6.07) is 1.87. The molecule has 0 aliphatic carbocycles. The zero-order chi connectivity index (χ0) is 14.5. The standard InChI is InChI=1S/C12H17BrN6O/c1-18(2)5-6-19-12(20)11(13)10(8-16-19)14-7-9-3-4-15-17-9/h3-4,8,14H,5-7H2,1-2H3,(H,15,17). The van der Waals surface area contributed by atoms with Crippen LogP contribution >= 0.6 is 15.9 Å². The fourth-order valence-electron chi connectivity index (χ4n) is 1.62. The van der Waals surface area contributed by atoms with Crippen LogP contribution in [0.5, 0.6) is 0 Å². The lowest BCUT2D eigenvalue weighted by Crippen LogP contribution is -2.29. The van der Waals surface area contributed by atoms with Gasteiger partial charge in [0.25, 0.3) is 5.56 Å². The number of hydrogen-bond donors (Lipinski definition) is 2. The van der Waals surface area contributed by atoms with E-state index in [1.54, 1.807) is 12.4 Å². The molecule has 2 aromatic rings. The largest absolute Gasteiger partial charge is 0.377 e. The summed E-state index contributed by atoms with van der Waals surface area (Å²) in [5.74, 6) is 0. The fraction of sp³-hybridized carbons (Fsp3) is 0.417. The van der Waals surface area contributed by atoms with E-state index in [2.05, 4.69) is 36.5 Å². The minimum Gasteiger partial charge on any atom is -0.377 e. The molecule has 2 heterocycles. The van der Waals surface area contributed by atoms with Crippen molar-refractivity contribution in [2.75, 3.05) is 26.0 Å². The van der Waals surface area contributed by atoms with Crippen LogP contribution in [0.15, 0.2) is 27.7 Å². The van der Waals surface area contributed by atoms with Crippen molar-refractivity contribution in [3.63, 3.8) is 0 Å². The lowest BCUT2D eigenvalue weighted by Gasteiger charge is -2.12. The average molecular weight is 341 g/mol. The molecule has 0 aliphatic rings. The number of hydrogen-bond acceptors (Lipinski definition) is 5. The summed E-state index contributed by atoms with van der Waals surface area (Å²) in [6.07, 6.45) is 3.33. The van der Waals surface area contributed by atoms with Crippen LogP contribution in [-0.4, -0.2) is 45.5 Å². The molecule has 0 spiro atoms. The summed E-state index contributed by atoms with van der Waals surface area (Å²) in [7, 11) is 3.92. The van der Waals surface area contributed by atoms with E-state index in [9.17, 15) is 4.79 Å². The molecule has 0 bridgehead atoms. The number of halogens is 1. The first-order valence-electron chi connectivity index (χ1n) is 6.20. The number of likely N-dealkylation sites (N-methyl/N-ethyl adjacent to an activating group) is 1. The molecule has 108 valence electrons. The van der Waals surface area contributed by atoms with Gasteiger partial charge in [-0.15, -0.1) is 0 Å². The van der Waals surface area contributed by atoms with E-state index in [1.165, 1.54) is 4.68 Å². The van der Waals surface area contributed by atoms with Gasteiger partial charge in [0, 0.05) is 12.7 Å². The highest BCUT2D eigenvalue weighted by Gasteiger charge is 2.09. The predicted molar refractivity (Wildman–Crippen MR) is 80.7 cm³/mol. The second-order valence-corrected chi connectivity index (χ2v) is 5.43. The molecule has 0 saturated carbocycles. The van der Waals surface area contributed by atoms with Crippen molar-refractivity contribution >= 4 is 21.6 Å². The number of rotatable bonds is 6. The van der Waals surface area contributed by atoms with E-state index in [-0.39, 0.29) is 5.56 Å². The minimum absolute atomic E-state index is 0.138. The number of aromatic nitrogens is 4. The Hall–Kier alpha value is -1.67. The third kappa shape index (κ3) is 3.67. The lowest BCUT2D eigenvalue weighted by molar-refractivity contribution is 0.367. The number of anilines is 1. The maximum atomic E-state index is 12.1. The van der Waals surface area contributed by atoms with Crippen LogP contribution in [-0.2, 0) is 13.1 Å². The average Bonchev–Trinajstić information content (AvgIpc) is 2.92. The molecule has 8 heteroatoms. The first kappa shape index (κ1) is 14.7. The van der Waals surface area contributed by atoms with E-state index < -0.39 is 0 Å². The van der Waals surface area contributed by atoms with Gasteiger partial charge in [0.05, 0.1) is 30.7 Å². The maximum Gasteiger partial charge on any atom is 0.283 e. The number of aromatic amines is 1. The van der Waals surface area contributed by atoms with Crippen molar-refractivity contribution in [1.82, 2.24) is 24.9 Å². The summed E-state index contributed by atoms with van der Waals surface area (Å²) in [4.78, 5) is 14.1. The second kappa shape index (κ2) is 6.67. The van der Waals surface area contributed by atoms with Gasteiger partial charge in [0.2, 0.25) is 0 Å². The number of nitrogens with one attached hydrogen (secondary N) is 2. The summed E-state index contributed by atoms with van der Waals surface area (Å²) in [5, 5.41) is 14.0. The molecule has 2 rings (SSSR count). The first-order valence-corrected chi connectivity index (χ1v) is 6.99. The van der Waals surface area contributed by atoms with Crippen molar-refractivity contribution < 1.29 is 0 Å². The maximum absolute atomic E-state index is 12.1. The van der Waals surface area contributed by atoms with E-state index in [0.29, 0.717) is 23.2 Å². The topological polar surface area (TPSA) is 78.8 Å². The molecule has 0 unspecified atom stereocenters. The molecule has 7 nitrogen and oxygen atoms in total. The molecule has 0 fully saturated rings. The highest BCUT2D eigenvalue weighted by molar-refractivity contribution is 9.10. The molecular weight excluding hydrogens is 324 g/mol. The molecule has 20 heavy (non-hydrogen) atoms. The van der Waals surface area contributed by atoms with Crippen LogP contribution in [0.4, 0.5) is 5.69 Å². The van der Waals surface area contributed by atoms with Gasteiger partial charge in [-0.1, -0.05) is 0 Å². The predicted octanol–water partition coefficient (Wildman–Crippen LogP) is 0.903. The van der Waals surface area contributed by atoms with Crippen LogP contribution in [0.2, 0.25) is 0 Å². The Balaban J connectivity index is 2.08. The first-order chi connectivity index (χ1) is 9.58. The highest BCUT2D eigenvalue weighted by atomic mass is 79.9. The highest BCUT2D eigenvalue weighted by Crippen LogP contribution is 2.16. The number of H-pyrrole nitrogens is 1. The third-order valence-electron chi connectivity index (χ3n) is 2.77. The Bertz CT molecular complexity index is 607. The Labute approximate surface area is 125 Å². The number of nitrogens with zero attached hydrogens (tertiary/aromatic N) is 4. The minimum atomic E-state index is -0.138. The fourth-order valence-corrected chi connectivity index (χ4v) is 2.06. The Morgan fingerprint density at radius 1 is 1.50 bits per heavy atom. The smallest absolute Gasteiger partial charge is 0.283 e.